The molecule has 128 valence electrons. The van der Waals surface area contributed by atoms with Crippen molar-refractivity contribution in [3.63, 3.8) is 0 Å². The molecule has 1 fully saturated rings. The first-order valence-electron chi connectivity index (χ1n) is 8.48. The summed E-state index contributed by atoms with van der Waals surface area (Å²) in [6.07, 6.45) is -0.913. The number of carbonyl (C=O) groups excluding carboxylic acids is 2. The molecule has 5 nitrogen and oxygen atoms in total. The number of fused-ring (bicyclic) bond motifs is 3. The Morgan fingerprint density at radius 3 is 2.28 bits per heavy atom. The molecular weight excluding hydrogens is 318 g/mol. The number of nitrogens with zero attached hydrogens (tertiary/aromatic N) is 1. The number of aliphatic hydroxyl groups is 1. The van der Waals surface area contributed by atoms with Gasteiger partial charge in [-0.1, -0.05) is 48.5 Å². The number of hydrogen-bond donors (Lipinski definition) is 1. The molecule has 1 aliphatic carbocycles. The number of likely N-dealkylation sites (tertiary alicyclic amines) is 1. The number of rotatable bonds is 2. The highest BCUT2D eigenvalue weighted by molar-refractivity contribution is 5.92. The molecule has 0 radical (unpaired) electrons. The number of carbonyl (C=O) groups is 2. The van der Waals surface area contributed by atoms with E-state index in [1.54, 1.807) is 0 Å². The molecule has 1 atom stereocenters. The number of amides is 2. The summed E-state index contributed by atoms with van der Waals surface area (Å²) in [4.78, 5) is 25.3. The predicted molar refractivity (Wildman–Crippen MR) is 92.0 cm³/mol. The van der Waals surface area contributed by atoms with Crippen molar-refractivity contribution in [2.24, 2.45) is 0 Å². The van der Waals surface area contributed by atoms with Crippen molar-refractivity contribution in [3.8, 4) is 11.1 Å². The molecule has 1 heterocycles. The monoisotopic (exact) mass is 337 g/mol. The Labute approximate surface area is 145 Å². The van der Waals surface area contributed by atoms with Gasteiger partial charge in [-0.3, -0.25) is 4.79 Å². The van der Waals surface area contributed by atoms with Crippen LogP contribution in [0, 0.1) is 0 Å². The third-order valence-corrected chi connectivity index (χ3v) is 4.95. The maximum atomic E-state index is 12.3. The molecule has 0 aromatic heterocycles. The van der Waals surface area contributed by atoms with Crippen LogP contribution in [0.3, 0.4) is 0 Å². The molecule has 2 aromatic carbocycles. The molecule has 1 saturated heterocycles. The third kappa shape index (κ3) is 2.81. The summed E-state index contributed by atoms with van der Waals surface area (Å²) in [7, 11) is 0. The highest BCUT2D eigenvalue weighted by atomic mass is 16.6. The zero-order valence-corrected chi connectivity index (χ0v) is 13.7. The van der Waals surface area contributed by atoms with Crippen LogP contribution >= 0.6 is 0 Å². The van der Waals surface area contributed by atoms with Crippen LogP contribution in [0.4, 0.5) is 4.79 Å². The van der Waals surface area contributed by atoms with Gasteiger partial charge in [0.1, 0.15) is 6.61 Å². The number of imide groups is 1. The summed E-state index contributed by atoms with van der Waals surface area (Å²) in [5.41, 5.74) is 4.60. The molecule has 2 aromatic rings. The summed E-state index contributed by atoms with van der Waals surface area (Å²) >= 11 is 0. The molecule has 4 rings (SSSR count). The van der Waals surface area contributed by atoms with Crippen LogP contribution in [-0.2, 0) is 9.53 Å². The molecule has 0 bridgehead atoms. The van der Waals surface area contributed by atoms with Crippen LogP contribution in [0.5, 0.6) is 0 Å². The van der Waals surface area contributed by atoms with Crippen LogP contribution in [0.1, 0.15) is 29.9 Å². The van der Waals surface area contributed by atoms with Crippen LogP contribution in [-0.4, -0.2) is 41.3 Å². The maximum absolute atomic E-state index is 12.3. The molecule has 2 aliphatic rings. The van der Waals surface area contributed by atoms with Gasteiger partial charge in [-0.15, -0.1) is 0 Å². The molecule has 0 spiro atoms. The second-order valence-corrected chi connectivity index (χ2v) is 6.50. The van der Waals surface area contributed by atoms with Crippen LogP contribution < -0.4 is 0 Å². The lowest BCUT2D eigenvalue weighted by Crippen LogP contribution is -2.44. The molecular formula is C20H19NO4. The normalized spacial score (nSPS) is 19.5. The van der Waals surface area contributed by atoms with E-state index in [4.69, 9.17) is 4.74 Å². The first kappa shape index (κ1) is 15.8. The van der Waals surface area contributed by atoms with Crippen LogP contribution in [0.2, 0.25) is 0 Å². The van der Waals surface area contributed by atoms with Crippen molar-refractivity contribution >= 4 is 12.0 Å². The second-order valence-electron chi connectivity index (χ2n) is 6.50. The summed E-state index contributed by atoms with van der Waals surface area (Å²) in [6, 6.07) is 16.2. The minimum absolute atomic E-state index is 0.0236. The van der Waals surface area contributed by atoms with Gasteiger partial charge in [-0.2, -0.15) is 0 Å². The SMILES string of the molecule is O=C1CC(O)CCN1C(=O)OCC1c2ccccc2-c2ccccc21. The van der Waals surface area contributed by atoms with E-state index in [1.165, 1.54) is 0 Å². The van der Waals surface area contributed by atoms with Gasteiger partial charge in [0.2, 0.25) is 5.91 Å². The van der Waals surface area contributed by atoms with E-state index in [9.17, 15) is 14.7 Å². The lowest BCUT2D eigenvalue weighted by atomic mass is 9.98. The third-order valence-electron chi connectivity index (χ3n) is 4.95. The molecule has 2 amide bonds. The number of aliphatic hydroxyl groups excluding tert-OH is 1. The van der Waals surface area contributed by atoms with Gasteiger partial charge in [0.05, 0.1) is 12.5 Å². The highest BCUT2D eigenvalue weighted by Crippen LogP contribution is 2.44. The van der Waals surface area contributed by atoms with E-state index < -0.39 is 12.2 Å². The van der Waals surface area contributed by atoms with Gasteiger partial charge in [-0.05, 0) is 28.7 Å². The van der Waals surface area contributed by atoms with Gasteiger partial charge in [-0.25, -0.2) is 9.69 Å². The van der Waals surface area contributed by atoms with Gasteiger partial charge in [0, 0.05) is 12.5 Å². The molecule has 1 N–H and O–H groups in total. The Kier molecular flexibility index (Phi) is 4.01. The van der Waals surface area contributed by atoms with Crippen molar-refractivity contribution in [3.05, 3.63) is 59.7 Å². The van der Waals surface area contributed by atoms with E-state index in [0.29, 0.717) is 6.42 Å². The van der Waals surface area contributed by atoms with Gasteiger partial charge in [0.25, 0.3) is 0 Å². The number of benzene rings is 2. The maximum Gasteiger partial charge on any atom is 0.416 e. The zero-order valence-electron chi connectivity index (χ0n) is 13.7. The van der Waals surface area contributed by atoms with E-state index in [0.717, 1.165) is 27.2 Å². The fourth-order valence-corrected chi connectivity index (χ4v) is 3.68. The second kappa shape index (κ2) is 6.33. The lowest BCUT2D eigenvalue weighted by Gasteiger charge is -2.27. The Morgan fingerprint density at radius 2 is 1.68 bits per heavy atom. The topological polar surface area (TPSA) is 66.8 Å². The summed E-state index contributed by atoms with van der Waals surface area (Å²) in [5, 5.41) is 9.50. The molecule has 1 aliphatic heterocycles. The van der Waals surface area contributed by atoms with Crippen LogP contribution in [0.15, 0.2) is 48.5 Å². The standard InChI is InChI=1S/C20H19NO4/c22-13-9-10-21(19(23)11-13)20(24)25-12-18-16-7-3-1-5-14(16)15-6-2-4-8-17(15)18/h1-8,13,18,22H,9-12H2. The Balaban J connectivity index is 1.52. The Bertz CT molecular complexity index is 786. The summed E-state index contributed by atoms with van der Waals surface area (Å²) < 4.78 is 5.47. The fourth-order valence-electron chi connectivity index (χ4n) is 3.68. The first-order valence-corrected chi connectivity index (χ1v) is 8.48. The Hall–Kier alpha value is -2.66. The molecule has 5 heteroatoms. The summed E-state index contributed by atoms with van der Waals surface area (Å²) in [6.45, 7) is 0.399. The average Bonchev–Trinajstić information content (AvgIpc) is 2.94. The highest BCUT2D eigenvalue weighted by Gasteiger charge is 2.33. The van der Waals surface area contributed by atoms with E-state index in [1.807, 2.05) is 24.3 Å². The first-order chi connectivity index (χ1) is 12.1. The smallest absolute Gasteiger partial charge is 0.416 e. The number of hydrogen-bond acceptors (Lipinski definition) is 4. The van der Waals surface area contributed by atoms with E-state index >= 15 is 0 Å². The number of ether oxygens (including phenoxy) is 1. The fraction of sp³-hybridized carbons (Fsp3) is 0.300. The van der Waals surface area contributed by atoms with Crippen molar-refractivity contribution in [1.82, 2.24) is 4.90 Å². The van der Waals surface area contributed by atoms with Gasteiger partial charge >= 0.3 is 6.09 Å². The van der Waals surface area contributed by atoms with Crippen molar-refractivity contribution in [1.29, 1.82) is 0 Å². The summed E-state index contributed by atoms with van der Waals surface area (Å²) in [5.74, 6) is -0.405. The minimum atomic E-state index is -0.662. The minimum Gasteiger partial charge on any atom is -0.448 e. The van der Waals surface area contributed by atoms with E-state index in [-0.39, 0.29) is 31.4 Å². The Morgan fingerprint density at radius 1 is 1.08 bits per heavy atom. The van der Waals surface area contributed by atoms with Crippen molar-refractivity contribution in [2.45, 2.75) is 24.9 Å². The predicted octanol–water partition coefficient (Wildman–Crippen LogP) is 2.92. The average molecular weight is 337 g/mol. The molecule has 1 unspecified atom stereocenters. The molecule has 0 saturated carbocycles. The quantitative estimate of drug-likeness (QED) is 0.915. The van der Waals surface area contributed by atoms with Gasteiger partial charge < -0.3 is 9.84 Å². The van der Waals surface area contributed by atoms with Crippen molar-refractivity contribution < 1.29 is 19.4 Å². The van der Waals surface area contributed by atoms with Gasteiger partial charge in [0.15, 0.2) is 0 Å². The zero-order chi connectivity index (χ0) is 17.4. The number of piperidine rings is 1. The van der Waals surface area contributed by atoms with Crippen LogP contribution in [0.25, 0.3) is 11.1 Å². The largest absolute Gasteiger partial charge is 0.448 e. The molecule has 25 heavy (non-hydrogen) atoms. The van der Waals surface area contributed by atoms with E-state index in [2.05, 4.69) is 24.3 Å². The van der Waals surface area contributed by atoms with Crippen molar-refractivity contribution in [2.75, 3.05) is 13.2 Å². The lowest BCUT2D eigenvalue weighted by molar-refractivity contribution is -0.134.